The Kier molecular flexibility index (Phi) is 18.4. The predicted molar refractivity (Wildman–Crippen MR) is 211 cm³/mol. The van der Waals surface area contributed by atoms with Crippen molar-refractivity contribution in [3.8, 4) is 0 Å². The topological polar surface area (TPSA) is 224 Å². The predicted octanol–water partition coefficient (Wildman–Crippen LogP) is 6.47. The molecule has 4 aromatic rings. The third-order valence-corrected chi connectivity index (χ3v) is 10.0. The lowest BCUT2D eigenvalue weighted by Gasteiger charge is -2.23. The van der Waals surface area contributed by atoms with E-state index in [4.69, 9.17) is 63.2 Å². The highest BCUT2D eigenvalue weighted by molar-refractivity contribution is 6.34. The first kappa shape index (κ1) is 50.9. The Hall–Kier alpha value is -5.05. The molecule has 0 bridgehead atoms. The molecule has 3 aromatic heterocycles. The molecule has 65 heavy (non-hydrogen) atoms. The Bertz CT molecular complexity index is 2260. The van der Waals surface area contributed by atoms with Gasteiger partial charge in [0.25, 0.3) is 6.43 Å². The van der Waals surface area contributed by atoms with E-state index in [1.165, 1.54) is 25.4 Å². The number of ether oxygens (including phenoxy) is 9. The number of halogens is 8. The number of hydrogen-bond acceptors (Lipinski definition) is 19. The number of alkyl halides is 4. The van der Waals surface area contributed by atoms with Gasteiger partial charge in [-0.25, -0.2) is 66.2 Å². The SMILES string of the molecule is COC(=O)C(F)(C(=O)OC)c1ncnc(Cl)c1C1OCCO1.COC(=O)C(F)c1ncnc(N[C@H](C)c2cccc(C(F)F)c2F)c1C1OCCO1.Clc1ncnc(Cl)c1C1OCCO1. The van der Waals surface area contributed by atoms with Crippen molar-refractivity contribution in [2.24, 2.45) is 0 Å². The van der Waals surface area contributed by atoms with E-state index >= 15 is 4.39 Å². The van der Waals surface area contributed by atoms with Crippen LogP contribution in [0.5, 0.6) is 0 Å². The van der Waals surface area contributed by atoms with Gasteiger partial charge in [-0.1, -0.05) is 53.0 Å². The highest BCUT2D eigenvalue weighted by atomic mass is 35.5. The summed E-state index contributed by atoms with van der Waals surface area (Å²) in [5, 5.41) is 3.17. The molecule has 3 aliphatic heterocycles. The van der Waals surface area contributed by atoms with Crippen LogP contribution < -0.4 is 5.32 Å². The molecule has 0 amide bonds. The van der Waals surface area contributed by atoms with Gasteiger partial charge in [0.05, 0.1) is 95.0 Å². The van der Waals surface area contributed by atoms with Crippen LogP contribution in [0.1, 0.15) is 83.6 Å². The Labute approximate surface area is 380 Å². The number of hydrogen-bond donors (Lipinski definition) is 1. The molecular weight excluding hydrogens is 948 g/mol. The van der Waals surface area contributed by atoms with Crippen molar-refractivity contribution >= 4 is 58.5 Å². The summed E-state index contributed by atoms with van der Waals surface area (Å²) >= 11 is 17.6. The highest BCUT2D eigenvalue weighted by Crippen LogP contribution is 2.40. The van der Waals surface area contributed by atoms with Gasteiger partial charge in [0.15, 0.2) is 18.9 Å². The molecular formula is C38H37Cl3F5N7O12. The van der Waals surface area contributed by atoms with E-state index in [2.05, 4.69) is 49.4 Å². The van der Waals surface area contributed by atoms with Gasteiger partial charge < -0.3 is 47.9 Å². The van der Waals surface area contributed by atoms with Gasteiger partial charge in [0.1, 0.15) is 51.8 Å². The van der Waals surface area contributed by atoms with Crippen molar-refractivity contribution in [3.63, 3.8) is 0 Å². The Morgan fingerprint density at radius 2 is 1.12 bits per heavy atom. The lowest BCUT2D eigenvalue weighted by Crippen LogP contribution is -2.43. The average Bonchev–Trinajstić information content (AvgIpc) is 4.14. The quantitative estimate of drug-likeness (QED) is 0.0528. The fourth-order valence-electron chi connectivity index (χ4n) is 6.07. The van der Waals surface area contributed by atoms with Crippen LogP contribution in [0.25, 0.3) is 0 Å². The van der Waals surface area contributed by atoms with Crippen molar-refractivity contribution in [2.45, 2.75) is 50.1 Å². The van der Waals surface area contributed by atoms with Gasteiger partial charge in [-0.2, -0.15) is 0 Å². The van der Waals surface area contributed by atoms with Gasteiger partial charge in [0.2, 0.25) is 6.17 Å². The number of nitrogens with one attached hydrogen (secondary N) is 1. The van der Waals surface area contributed by atoms with E-state index in [0.717, 1.165) is 40.1 Å². The summed E-state index contributed by atoms with van der Waals surface area (Å²) in [4.78, 5) is 58.2. The monoisotopic (exact) mass is 983 g/mol. The molecule has 7 rings (SSSR count). The van der Waals surface area contributed by atoms with Crippen molar-refractivity contribution in [3.05, 3.63) is 97.7 Å². The number of methoxy groups -OCH3 is 3. The number of benzene rings is 1. The minimum Gasteiger partial charge on any atom is -0.467 e. The molecule has 2 atom stereocenters. The molecule has 0 spiro atoms. The molecule has 1 unspecified atom stereocenters. The second-order valence-corrected chi connectivity index (χ2v) is 14.1. The number of carbonyl (C=O) groups excluding carboxylic acids is 3. The smallest absolute Gasteiger partial charge is 0.362 e. The van der Waals surface area contributed by atoms with E-state index in [-0.39, 0.29) is 70.1 Å². The van der Waals surface area contributed by atoms with Crippen molar-refractivity contribution < 1.29 is 79.0 Å². The minimum absolute atomic E-state index is 0.00479. The van der Waals surface area contributed by atoms with Crippen molar-refractivity contribution in [2.75, 3.05) is 66.3 Å². The standard InChI is InChI=1S/C19H19F4N3O4.C12H12ClFN2O6.C7H6Cl2N2O2/c1-9(10-4-3-5-11(13(10)20)16(22)23)26-17-12(19-29-6-7-30-19)15(24-8-25-17)14(21)18(27)28-2;1-19-10(17)12(14,11(18)20-2)7-6(8(13)16-5-15-7)9-21-3-4-22-9;8-5-4(6(9)11-3-10-5)7-12-1-2-13-7/h3-5,8-9,14,16,19H,6-7H2,1-2H3,(H,24,25,26);5,9H,3-4H2,1-2H3;3,7H,1-2H2/t9-,14?;;/m1../s1. The zero-order chi connectivity index (χ0) is 47.4. The summed E-state index contributed by atoms with van der Waals surface area (Å²) in [6, 6.07) is 2.80. The molecule has 0 radical (unpaired) electrons. The maximum Gasteiger partial charge on any atom is 0.362 e. The lowest BCUT2D eigenvalue weighted by molar-refractivity contribution is -0.173. The summed E-state index contributed by atoms with van der Waals surface area (Å²) in [6.45, 7) is 3.47. The van der Waals surface area contributed by atoms with Crippen LogP contribution in [0.2, 0.25) is 15.5 Å². The summed E-state index contributed by atoms with van der Waals surface area (Å²) in [5.41, 5.74) is -4.73. The molecule has 352 valence electrons. The van der Waals surface area contributed by atoms with Crippen LogP contribution in [0.3, 0.4) is 0 Å². The third kappa shape index (κ3) is 11.7. The lowest BCUT2D eigenvalue weighted by atomic mass is 9.97. The maximum absolute atomic E-state index is 15.2. The number of aromatic nitrogens is 6. The van der Waals surface area contributed by atoms with E-state index in [1.807, 2.05) is 0 Å². The average molecular weight is 985 g/mol. The number of esters is 3. The molecule has 1 N–H and O–H groups in total. The largest absolute Gasteiger partial charge is 0.467 e. The van der Waals surface area contributed by atoms with E-state index in [9.17, 15) is 31.9 Å². The molecule has 0 saturated carbocycles. The van der Waals surface area contributed by atoms with Crippen LogP contribution in [0, 0.1) is 5.82 Å². The third-order valence-electron chi connectivity index (χ3n) is 9.13. The molecule has 0 aliphatic carbocycles. The van der Waals surface area contributed by atoms with Crippen LogP contribution >= 0.6 is 34.8 Å². The van der Waals surface area contributed by atoms with Gasteiger partial charge in [-0.3, -0.25) is 0 Å². The van der Waals surface area contributed by atoms with Crippen molar-refractivity contribution in [1.29, 1.82) is 0 Å². The van der Waals surface area contributed by atoms with Gasteiger partial charge in [0, 0.05) is 5.56 Å². The molecule has 1 aromatic carbocycles. The first-order valence-corrected chi connectivity index (χ1v) is 19.9. The second-order valence-electron chi connectivity index (χ2n) is 13.0. The second kappa shape index (κ2) is 23.4. The van der Waals surface area contributed by atoms with Crippen LogP contribution in [-0.2, 0) is 62.7 Å². The summed E-state index contributed by atoms with van der Waals surface area (Å²) in [7, 11) is 2.87. The van der Waals surface area contributed by atoms with Crippen molar-refractivity contribution in [1.82, 2.24) is 29.9 Å². The van der Waals surface area contributed by atoms with Crippen LogP contribution in [-0.4, -0.2) is 109 Å². The number of carbonyl (C=O) groups is 3. The minimum atomic E-state index is -3.32. The fraction of sp³-hybridized carbons (Fsp3) is 0.447. The van der Waals surface area contributed by atoms with Crippen LogP contribution in [0.15, 0.2) is 37.2 Å². The summed E-state index contributed by atoms with van der Waals surface area (Å²) in [5.74, 6) is -5.24. The van der Waals surface area contributed by atoms with E-state index in [1.54, 1.807) is 0 Å². The van der Waals surface area contributed by atoms with Gasteiger partial charge in [-0.15, -0.1) is 0 Å². The zero-order valence-electron chi connectivity index (χ0n) is 34.3. The number of rotatable bonds is 12. The molecule has 3 aliphatic rings. The summed E-state index contributed by atoms with van der Waals surface area (Å²) in [6.07, 6.45) is -4.73. The Morgan fingerprint density at radius 3 is 1.62 bits per heavy atom. The molecule has 27 heteroatoms. The maximum atomic E-state index is 15.2. The van der Waals surface area contributed by atoms with Gasteiger partial charge >= 0.3 is 23.6 Å². The molecule has 3 saturated heterocycles. The first-order chi connectivity index (χ1) is 31.1. The van der Waals surface area contributed by atoms with E-state index < -0.39 is 78.2 Å². The fourth-order valence-corrected chi connectivity index (χ4v) is 6.78. The highest BCUT2D eigenvalue weighted by Gasteiger charge is 2.55. The van der Waals surface area contributed by atoms with Gasteiger partial charge in [-0.05, 0) is 6.92 Å². The van der Waals surface area contributed by atoms with E-state index in [0.29, 0.717) is 18.8 Å². The molecule has 19 nitrogen and oxygen atoms in total. The Morgan fingerprint density at radius 1 is 0.677 bits per heavy atom. The molecule has 6 heterocycles. The van der Waals surface area contributed by atoms with Crippen LogP contribution in [0.4, 0.5) is 27.8 Å². The zero-order valence-corrected chi connectivity index (χ0v) is 36.5. The number of anilines is 1. The molecule has 3 fully saturated rings. The number of nitrogens with zero attached hydrogens (tertiary/aromatic N) is 6. The summed E-state index contributed by atoms with van der Waals surface area (Å²) < 4.78 is 115. The normalized spacial score (nSPS) is 16.5. The first-order valence-electron chi connectivity index (χ1n) is 18.7. The Balaban J connectivity index is 0.000000198.